The first-order chi connectivity index (χ1) is 14.1. The maximum atomic E-state index is 12.3. The molecule has 0 spiro atoms. The van der Waals surface area contributed by atoms with Gasteiger partial charge in [0.05, 0.1) is 40.3 Å². The van der Waals surface area contributed by atoms with E-state index >= 15 is 0 Å². The van der Waals surface area contributed by atoms with Gasteiger partial charge >= 0.3 is 0 Å². The number of nitrogen functional groups attached to an aromatic ring is 2. The molecule has 6 N–H and O–H groups in total. The number of nitrogens with zero attached hydrogens (tertiary/aromatic N) is 3. The second kappa shape index (κ2) is 11.0. The SMILES string of the molecule is C[N+](C)(CCNC(=O)c1nc(Cl)c(N)nc1N)CCN[S+]([O-])Cc1ccc(Cl)cc1. The number of anilines is 2. The van der Waals surface area contributed by atoms with E-state index in [4.69, 9.17) is 34.7 Å². The Morgan fingerprint density at radius 3 is 2.40 bits per heavy atom. The first-order valence-corrected chi connectivity index (χ1v) is 11.2. The Balaban J connectivity index is 1.72. The molecule has 2 rings (SSSR count). The second-order valence-electron chi connectivity index (χ2n) is 7.28. The molecule has 0 radical (unpaired) electrons. The smallest absolute Gasteiger partial charge is 0.273 e. The van der Waals surface area contributed by atoms with Crippen molar-refractivity contribution in [3.8, 4) is 0 Å². The van der Waals surface area contributed by atoms with Gasteiger partial charge in [-0.25, -0.2) is 9.97 Å². The normalized spacial score (nSPS) is 12.6. The molecular formula is C18H26Cl2N7O2S+. The Bertz CT molecular complexity index is 868. The summed E-state index contributed by atoms with van der Waals surface area (Å²) in [6.07, 6.45) is 0. The number of nitrogens with one attached hydrogen (secondary N) is 2. The van der Waals surface area contributed by atoms with Crippen molar-refractivity contribution in [3.05, 3.63) is 45.7 Å². The molecule has 1 aromatic carbocycles. The van der Waals surface area contributed by atoms with Crippen molar-refractivity contribution in [2.24, 2.45) is 0 Å². The van der Waals surface area contributed by atoms with Gasteiger partial charge < -0.3 is 25.8 Å². The van der Waals surface area contributed by atoms with Crippen molar-refractivity contribution in [2.75, 3.05) is 51.7 Å². The molecule has 1 heterocycles. The van der Waals surface area contributed by atoms with Gasteiger partial charge in [-0.2, -0.15) is 0 Å². The van der Waals surface area contributed by atoms with E-state index in [1.807, 2.05) is 26.2 Å². The van der Waals surface area contributed by atoms with Crippen molar-refractivity contribution in [2.45, 2.75) is 5.75 Å². The van der Waals surface area contributed by atoms with Gasteiger partial charge in [-0.3, -0.25) is 4.79 Å². The van der Waals surface area contributed by atoms with Crippen LogP contribution in [0.1, 0.15) is 16.1 Å². The van der Waals surface area contributed by atoms with Gasteiger partial charge in [0.15, 0.2) is 28.2 Å². The molecule has 0 aliphatic carbocycles. The fraction of sp³-hybridized carbons (Fsp3) is 0.389. The van der Waals surface area contributed by atoms with E-state index < -0.39 is 17.3 Å². The highest BCUT2D eigenvalue weighted by Crippen LogP contribution is 2.17. The summed E-state index contributed by atoms with van der Waals surface area (Å²) in [6, 6.07) is 7.27. The first kappa shape index (κ1) is 24.4. The number of carbonyl (C=O) groups is 1. The highest BCUT2D eigenvalue weighted by Gasteiger charge is 2.19. The summed E-state index contributed by atoms with van der Waals surface area (Å²) >= 11 is 10.5. The number of rotatable bonds is 10. The summed E-state index contributed by atoms with van der Waals surface area (Å²) in [4.78, 5) is 19.9. The Kier molecular flexibility index (Phi) is 8.95. The maximum Gasteiger partial charge on any atom is 0.273 e. The van der Waals surface area contributed by atoms with Crippen LogP contribution in [-0.4, -0.2) is 65.2 Å². The van der Waals surface area contributed by atoms with Crippen LogP contribution in [0.25, 0.3) is 0 Å². The molecule has 2 aromatic rings. The number of aromatic nitrogens is 2. The van der Waals surface area contributed by atoms with E-state index in [-0.39, 0.29) is 22.5 Å². The summed E-state index contributed by atoms with van der Waals surface area (Å²) in [5.74, 6) is -0.156. The van der Waals surface area contributed by atoms with Crippen LogP contribution in [0.15, 0.2) is 24.3 Å². The van der Waals surface area contributed by atoms with Crippen molar-refractivity contribution in [1.82, 2.24) is 20.0 Å². The zero-order valence-corrected chi connectivity index (χ0v) is 19.2. The van der Waals surface area contributed by atoms with Crippen LogP contribution in [0.3, 0.4) is 0 Å². The van der Waals surface area contributed by atoms with Crippen LogP contribution < -0.4 is 21.5 Å². The molecule has 1 unspecified atom stereocenters. The molecule has 0 saturated heterocycles. The summed E-state index contributed by atoms with van der Waals surface area (Å²) < 4.78 is 15.8. The molecule has 9 nitrogen and oxygen atoms in total. The molecule has 0 saturated carbocycles. The topological polar surface area (TPSA) is 142 Å². The van der Waals surface area contributed by atoms with E-state index in [2.05, 4.69) is 20.0 Å². The molecule has 1 amide bonds. The lowest BCUT2D eigenvalue weighted by molar-refractivity contribution is -0.887. The quantitative estimate of drug-likeness (QED) is 0.299. The van der Waals surface area contributed by atoms with E-state index in [0.29, 0.717) is 34.9 Å². The van der Waals surface area contributed by atoms with Crippen molar-refractivity contribution in [3.63, 3.8) is 0 Å². The molecular weight excluding hydrogens is 449 g/mol. The first-order valence-electron chi connectivity index (χ1n) is 9.12. The summed E-state index contributed by atoms with van der Waals surface area (Å²) in [7, 11) is 4.04. The van der Waals surface area contributed by atoms with Crippen LogP contribution in [0.4, 0.5) is 11.6 Å². The van der Waals surface area contributed by atoms with Crippen molar-refractivity contribution < 1.29 is 13.8 Å². The fourth-order valence-electron chi connectivity index (χ4n) is 2.52. The van der Waals surface area contributed by atoms with Gasteiger partial charge in [0, 0.05) is 21.9 Å². The van der Waals surface area contributed by atoms with Crippen molar-refractivity contribution in [1.29, 1.82) is 0 Å². The lowest BCUT2D eigenvalue weighted by Gasteiger charge is -2.29. The number of quaternary nitrogens is 1. The minimum absolute atomic E-state index is 0.0236. The van der Waals surface area contributed by atoms with Crippen LogP contribution in [0, 0.1) is 0 Å². The molecule has 1 aromatic heterocycles. The van der Waals surface area contributed by atoms with E-state index in [1.165, 1.54) is 0 Å². The Hall–Kier alpha value is -1.82. The zero-order valence-electron chi connectivity index (χ0n) is 16.8. The molecule has 0 aliphatic rings. The predicted octanol–water partition coefficient (Wildman–Crippen LogP) is 1.21. The van der Waals surface area contributed by atoms with E-state index in [0.717, 1.165) is 12.1 Å². The molecule has 0 bridgehead atoms. The lowest BCUT2D eigenvalue weighted by Crippen LogP contribution is -2.49. The van der Waals surface area contributed by atoms with Gasteiger partial charge in [0.2, 0.25) is 0 Å². The lowest BCUT2D eigenvalue weighted by atomic mass is 10.2. The van der Waals surface area contributed by atoms with E-state index in [9.17, 15) is 9.35 Å². The largest absolute Gasteiger partial charge is 0.598 e. The Labute approximate surface area is 189 Å². The maximum absolute atomic E-state index is 12.3. The number of amides is 1. The average Bonchev–Trinajstić information content (AvgIpc) is 2.66. The standard InChI is InChI=1S/C18H25Cl2N7O2S/c1-27(2,10-8-24-30(29)11-12-3-5-13(19)6-4-12)9-7-23-18(28)14-16(21)26-17(22)15(20)25-14/h3-6,24H,7-11H2,1-2H3,(H4-,21,22,23,26,28)/p+1. The van der Waals surface area contributed by atoms with Crippen LogP contribution in [0.2, 0.25) is 10.2 Å². The third-order valence-electron chi connectivity index (χ3n) is 4.31. The van der Waals surface area contributed by atoms with Gasteiger partial charge in [-0.1, -0.05) is 35.3 Å². The third-order valence-corrected chi connectivity index (χ3v) is 5.97. The summed E-state index contributed by atoms with van der Waals surface area (Å²) in [5.41, 5.74) is 12.1. The second-order valence-corrected chi connectivity index (χ2v) is 9.35. The van der Waals surface area contributed by atoms with Gasteiger partial charge in [-0.15, -0.1) is 4.72 Å². The number of nitrogens with two attached hydrogens (primary N) is 2. The van der Waals surface area contributed by atoms with Crippen LogP contribution in [0.5, 0.6) is 0 Å². The fourth-order valence-corrected chi connectivity index (χ4v) is 3.69. The Morgan fingerprint density at radius 1 is 1.10 bits per heavy atom. The minimum atomic E-state index is -1.18. The van der Waals surface area contributed by atoms with Gasteiger partial charge in [0.1, 0.15) is 0 Å². The average molecular weight is 475 g/mol. The monoisotopic (exact) mass is 474 g/mol. The third kappa shape index (κ3) is 7.78. The molecule has 0 aliphatic heterocycles. The molecule has 0 fully saturated rings. The molecule has 1 atom stereocenters. The number of halogens is 2. The molecule has 30 heavy (non-hydrogen) atoms. The molecule has 164 valence electrons. The number of hydrogen-bond donors (Lipinski definition) is 4. The van der Waals surface area contributed by atoms with Gasteiger partial charge in [0.25, 0.3) is 5.91 Å². The summed E-state index contributed by atoms with van der Waals surface area (Å²) in [5, 5.41) is 3.34. The number of hydrogen-bond acceptors (Lipinski definition) is 7. The zero-order chi connectivity index (χ0) is 22.3. The van der Waals surface area contributed by atoms with Crippen LogP contribution >= 0.6 is 23.2 Å². The van der Waals surface area contributed by atoms with Gasteiger partial charge in [-0.05, 0) is 12.1 Å². The highest BCUT2D eigenvalue weighted by atomic mass is 35.5. The predicted molar refractivity (Wildman–Crippen MR) is 121 cm³/mol. The number of likely N-dealkylation sites (N-methyl/N-ethyl adjacent to an activating group) is 1. The number of benzene rings is 1. The van der Waals surface area contributed by atoms with E-state index in [1.54, 1.807) is 12.1 Å². The minimum Gasteiger partial charge on any atom is -0.598 e. The van der Waals surface area contributed by atoms with Crippen LogP contribution in [-0.2, 0) is 17.1 Å². The Morgan fingerprint density at radius 2 is 1.73 bits per heavy atom. The van der Waals surface area contributed by atoms with Crippen molar-refractivity contribution >= 4 is 52.1 Å². The summed E-state index contributed by atoms with van der Waals surface area (Å²) in [6.45, 7) is 2.32. The number of carbonyl (C=O) groups excluding carboxylic acids is 1. The highest BCUT2D eigenvalue weighted by molar-refractivity contribution is 7.88. The molecule has 12 heteroatoms.